The van der Waals surface area contributed by atoms with Crippen LogP contribution in [0.2, 0.25) is 0 Å². The van der Waals surface area contributed by atoms with Gasteiger partial charge < -0.3 is 28.9 Å². The van der Waals surface area contributed by atoms with E-state index in [0.29, 0.717) is 36.9 Å². The van der Waals surface area contributed by atoms with Crippen molar-refractivity contribution < 1.29 is 37.4 Å². The molecule has 1 aliphatic heterocycles. The Kier molecular flexibility index (Phi) is 9.38. The molecule has 0 radical (unpaired) electrons. The van der Waals surface area contributed by atoms with Crippen molar-refractivity contribution in [1.82, 2.24) is 14.8 Å². The number of aromatic nitrogens is 1. The van der Waals surface area contributed by atoms with Crippen LogP contribution < -0.4 is 14.4 Å². The van der Waals surface area contributed by atoms with Crippen LogP contribution in [-0.2, 0) is 20.9 Å². The maximum atomic E-state index is 13.1. The lowest BCUT2D eigenvalue weighted by atomic mass is 10.1. The maximum absolute atomic E-state index is 13.1. The third-order valence-corrected chi connectivity index (χ3v) is 6.98. The Morgan fingerprint density at radius 2 is 1.90 bits per heavy atom. The highest BCUT2D eigenvalue weighted by atomic mass is 19.3. The summed E-state index contributed by atoms with van der Waals surface area (Å²) in [5, 5.41) is 0. The van der Waals surface area contributed by atoms with E-state index in [-0.39, 0.29) is 48.7 Å². The highest BCUT2D eigenvalue weighted by molar-refractivity contribution is 5.92. The molecule has 2 heterocycles. The summed E-state index contributed by atoms with van der Waals surface area (Å²) >= 11 is 0. The highest BCUT2D eigenvalue weighted by Crippen LogP contribution is 2.36. The van der Waals surface area contributed by atoms with Gasteiger partial charge in [0.1, 0.15) is 18.3 Å². The molecule has 4 rings (SSSR count). The first kappa shape index (κ1) is 29.0. The maximum Gasteiger partial charge on any atom is 0.387 e. The van der Waals surface area contributed by atoms with Crippen LogP contribution in [0.15, 0.2) is 36.5 Å². The number of ether oxygens (including phenoxy) is 3. The second kappa shape index (κ2) is 12.9. The third-order valence-electron chi connectivity index (χ3n) is 6.98. The number of anilines is 1. The molecule has 1 saturated carbocycles. The number of esters is 1. The second-order valence-electron chi connectivity index (χ2n) is 9.92. The molecular weight excluding hydrogens is 526 g/mol. The number of nitrogens with zero attached hydrogens (tertiary/aromatic N) is 4. The zero-order chi connectivity index (χ0) is 28.8. The van der Waals surface area contributed by atoms with Gasteiger partial charge in [-0.05, 0) is 43.9 Å². The lowest BCUT2D eigenvalue weighted by Gasteiger charge is -2.40. The monoisotopic (exact) mass is 560 g/mol. The number of rotatable bonds is 11. The zero-order valence-electron chi connectivity index (χ0n) is 22.8. The molecular formula is C28H34F2N4O6. The van der Waals surface area contributed by atoms with E-state index in [2.05, 4.69) is 9.72 Å². The molecule has 1 aromatic heterocycles. The summed E-state index contributed by atoms with van der Waals surface area (Å²) in [7, 11) is 1.68. The zero-order valence-corrected chi connectivity index (χ0v) is 22.8. The first-order valence-corrected chi connectivity index (χ1v) is 13.3. The molecule has 1 atom stereocenters. The minimum Gasteiger partial charge on any atom is -0.489 e. The van der Waals surface area contributed by atoms with E-state index in [0.717, 1.165) is 12.8 Å². The molecule has 10 nitrogen and oxygen atoms in total. The van der Waals surface area contributed by atoms with Crippen molar-refractivity contribution in [2.45, 2.75) is 45.9 Å². The summed E-state index contributed by atoms with van der Waals surface area (Å²) in [6.45, 7) is 1.98. The highest BCUT2D eigenvalue weighted by Gasteiger charge is 2.35. The first-order chi connectivity index (χ1) is 19.2. The molecule has 216 valence electrons. The lowest BCUT2D eigenvalue weighted by molar-refractivity contribution is -0.156. The molecule has 2 aliphatic rings. The molecule has 12 heteroatoms. The predicted molar refractivity (Wildman–Crippen MR) is 141 cm³/mol. The Morgan fingerprint density at radius 1 is 1.12 bits per heavy atom. The minimum atomic E-state index is -2.99. The quantitative estimate of drug-likeness (QED) is 0.386. The van der Waals surface area contributed by atoms with Crippen LogP contribution in [0, 0.1) is 5.92 Å². The molecule has 2 amide bonds. The molecule has 2 fully saturated rings. The molecule has 0 spiro atoms. The third kappa shape index (κ3) is 7.36. The van der Waals surface area contributed by atoms with E-state index in [1.807, 2.05) is 11.8 Å². The van der Waals surface area contributed by atoms with Crippen LogP contribution >= 0.6 is 0 Å². The Labute approximate surface area is 231 Å². The summed E-state index contributed by atoms with van der Waals surface area (Å²) in [6.07, 6.45) is 3.55. The van der Waals surface area contributed by atoms with E-state index in [1.165, 1.54) is 29.0 Å². The van der Waals surface area contributed by atoms with Crippen LogP contribution in [-0.4, -0.2) is 85.1 Å². The van der Waals surface area contributed by atoms with Crippen molar-refractivity contribution in [1.29, 1.82) is 0 Å². The van der Waals surface area contributed by atoms with Gasteiger partial charge in [0.2, 0.25) is 5.91 Å². The van der Waals surface area contributed by atoms with Crippen molar-refractivity contribution in [3.63, 3.8) is 0 Å². The SMILES string of the molecule is CCN(C)C(=O)c1ccc(COC(=O)C2CN(c3ccc(OC(F)F)c(OCC4CC4)c3)CCN2C(C)=O)cn1. The Balaban J connectivity index is 1.44. The lowest BCUT2D eigenvalue weighted by Crippen LogP contribution is -2.58. The van der Waals surface area contributed by atoms with Gasteiger partial charge in [0.15, 0.2) is 11.5 Å². The largest absolute Gasteiger partial charge is 0.489 e. The summed E-state index contributed by atoms with van der Waals surface area (Å²) in [6, 6.07) is 7.03. The number of amides is 2. The van der Waals surface area contributed by atoms with E-state index >= 15 is 0 Å². The van der Waals surface area contributed by atoms with Gasteiger partial charge in [0.25, 0.3) is 5.91 Å². The smallest absolute Gasteiger partial charge is 0.387 e. The summed E-state index contributed by atoms with van der Waals surface area (Å²) < 4.78 is 41.8. The Morgan fingerprint density at radius 3 is 2.52 bits per heavy atom. The van der Waals surface area contributed by atoms with Crippen molar-refractivity contribution >= 4 is 23.5 Å². The summed E-state index contributed by atoms with van der Waals surface area (Å²) in [5.74, 6) is -0.502. The molecule has 2 aromatic rings. The fourth-order valence-electron chi connectivity index (χ4n) is 4.31. The number of hydrogen-bond acceptors (Lipinski definition) is 8. The molecule has 0 N–H and O–H groups in total. The van der Waals surface area contributed by atoms with E-state index in [4.69, 9.17) is 9.47 Å². The first-order valence-electron chi connectivity index (χ1n) is 13.3. The normalized spacial score (nSPS) is 17.0. The van der Waals surface area contributed by atoms with Gasteiger partial charge in [-0.3, -0.25) is 14.6 Å². The number of piperazine rings is 1. The Bertz CT molecular complexity index is 1210. The molecule has 0 bridgehead atoms. The number of carbonyl (C=O) groups is 3. The van der Waals surface area contributed by atoms with Gasteiger partial charge in [0.05, 0.1) is 6.61 Å². The number of halogens is 2. The van der Waals surface area contributed by atoms with E-state index in [9.17, 15) is 23.2 Å². The molecule has 1 aliphatic carbocycles. The molecule has 40 heavy (non-hydrogen) atoms. The number of benzene rings is 1. The van der Waals surface area contributed by atoms with Crippen LogP contribution in [0.5, 0.6) is 11.5 Å². The number of hydrogen-bond donors (Lipinski definition) is 0. The number of pyridine rings is 1. The van der Waals surface area contributed by atoms with Crippen LogP contribution in [0.3, 0.4) is 0 Å². The fraction of sp³-hybridized carbons (Fsp3) is 0.500. The average molecular weight is 561 g/mol. The van der Waals surface area contributed by atoms with E-state index in [1.54, 1.807) is 31.3 Å². The van der Waals surface area contributed by atoms with Crippen LogP contribution in [0.25, 0.3) is 0 Å². The van der Waals surface area contributed by atoms with Crippen LogP contribution in [0.4, 0.5) is 14.5 Å². The Hall–Kier alpha value is -3.96. The van der Waals surface area contributed by atoms with Gasteiger partial charge in [0, 0.05) is 63.7 Å². The topological polar surface area (TPSA) is 102 Å². The molecule has 1 unspecified atom stereocenters. The van der Waals surface area contributed by atoms with Gasteiger partial charge >= 0.3 is 12.6 Å². The molecule has 1 saturated heterocycles. The van der Waals surface area contributed by atoms with Crippen molar-refractivity contribution in [3.8, 4) is 11.5 Å². The summed E-state index contributed by atoms with van der Waals surface area (Å²) in [4.78, 5) is 46.8. The van der Waals surface area contributed by atoms with E-state index < -0.39 is 18.6 Å². The number of carbonyl (C=O) groups excluding carboxylic acids is 3. The van der Waals surface area contributed by atoms with Crippen molar-refractivity contribution in [2.24, 2.45) is 5.92 Å². The number of alkyl halides is 2. The fourth-order valence-corrected chi connectivity index (χ4v) is 4.31. The van der Waals surface area contributed by atoms with Gasteiger partial charge in [-0.1, -0.05) is 6.07 Å². The van der Waals surface area contributed by atoms with Crippen molar-refractivity contribution in [2.75, 3.05) is 44.7 Å². The van der Waals surface area contributed by atoms with Gasteiger partial charge in [-0.15, -0.1) is 0 Å². The second-order valence-corrected chi connectivity index (χ2v) is 9.92. The molecule has 1 aromatic carbocycles. The minimum absolute atomic E-state index is 0.0552. The average Bonchev–Trinajstić information content (AvgIpc) is 3.79. The van der Waals surface area contributed by atoms with Crippen molar-refractivity contribution in [3.05, 3.63) is 47.8 Å². The van der Waals surface area contributed by atoms with Gasteiger partial charge in [-0.2, -0.15) is 8.78 Å². The standard InChI is InChI=1S/C28H34F2N4O6/c1-4-32(3)26(36)22-9-7-20(14-31-22)17-39-27(37)23-15-33(11-12-34(23)18(2)35)21-8-10-24(40-28(29)30)25(13-21)38-16-19-5-6-19/h7-10,13-14,19,23,28H,4-6,11-12,15-17H2,1-3H3. The van der Waals surface area contributed by atoms with Gasteiger partial charge in [-0.25, -0.2) is 4.79 Å². The summed E-state index contributed by atoms with van der Waals surface area (Å²) in [5.41, 5.74) is 1.53. The van der Waals surface area contributed by atoms with Crippen LogP contribution in [0.1, 0.15) is 42.7 Å². The predicted octanol–water partition coefficient (Wildman–Crippen LogP) is 3.34.